The molecular weight excluding hydrogens is 378 g/mol. The van der Waals surface area contributed by atoms with E-state index in [4.69, 9.17) is 0 Å². The summed E-state index contributed by atoms with van der Waals surface area (Å²) >= 11 is 1.42. The Morgan fingerprint density at radius 3 is 2.71 bits per heavy atom. The topological polar surface area (TPSA) is 125 Å². The Kier molecular flexibility index (Phi) is 5.88. The molecule has 28 heavy (non-hydrogen) atoms. The lowest BCUT2D eigenvalue weighted by Crippen LogP contribution is -2.22. The van der Waals surface area contributed by atoms with Crippen molar-refractivity contribution in [2.75, 3.05) is 17.2 Å². The van der Waals surface area contributed by atoms with Crippen LogP contribution < -0.4 is 16.0 Å². The maximum Gasteiger partial charge on any atom is 0.267 e. The van der Waals surface area contributed by atoms with E-state index in [0.29, 0.717) is 28.8 Å². The molecule has 0 saturated heterocycles. The quantitative estimate of drug-likeness (QED) is 0.482. The molecule has 1 atom stereocenters. The first-order valence-corrected chi connectivity index (χ1v) is 9.82. The average Bonchev–Trinajstić information content (AvgIpc) is 3.26. The highest BCUT2D eigenvalue weighted by molar-refractivity contribution is 7.15. The summed E-state index contributed by atoms with van der Waals surface area (Å²) in [5, 5.41) is 10.2. The number of hydrogen-bond donors (Lipinski definition) is 4. The van der Waals surface area contributed by atoms with E-state index in [0.717, 1.165) is 10.3 Å². The number of hydrogen-bond acceptors (Lipinski definition) is 7. The van der Waals surface area contributed by atoms with Gasteiger partial charge in [0.05, 0.1) is 11.4 Å². The van der Waals surface area contributed by atoms with Gasteiger partial charge in [-0.15, -0.1) is 0 Å². The first-order valence-electron chi connectivity index (χ1n) is 9.00. The zero-order valence-electron chi connectivity index (χ0n) is 16.2. The Hall–Kier alpha value is -3.01. The third-order valence-electron chi connectivity index (χ3n) is 4.08. The van der Waals surface area contributed by atoms with E-state index in [9.17, 15) is 9.59 Å². The number of aromatic amines is 1. The Morgan fingerprint density at radius 2 is 2.04 bits per heavy atom. The molecule has 3 aromatic rings. The van der Waals surface area contributed by atoms with Gasteiger partial charge in [0, 0.05) is 24.5 Å². The molecule has 0 spiro atoms. The molecule has 148 valence electrons. The number of nitrogens with one attached hydrogen (secondary N) is 4. The highest BCUT2D eigenvalue weighted by atomic mass is 32.1. The van der Waals surface area contributed by atoms with Gasteiger partial charge in [-0.3, -0.25) is 9.59 Å². The van der Waals surface area contributed by atoms with Crippen molar-refractivity contribution in [1.29, 1.82) is 0 Å². The van der Waals surface area contributed by atoms with Crippen molar-refractivity contribution in [2.45, 2.75) is 33.7 Å². The van der Waals surface area contributed by atoms with Crippen LogP contribution >= 0.6 is 11.3 Å². The monoisotopic (exact) mass is 401 g/mol. The molecule has 3 aromatic heterocycles. The van der Waals surface area contributed by atoms with E-state index >= 15 is 0 Å². The molecule has 0 saturated carbocycles. The number of thiazole rings is 1. The van der Waals surface area contributed by atoms with Crippen molar-refractivity contribution in [2.24, 2.45) is 5.92 Å². The van der Waals surface area contributed by atoms with Crippen molar-refractivity contribution in [1.82, 2.24) is 25.3 Å². The summed E-state index contributed by atoms with van der Waals surface area (Å²) in [5.41, 5.74) is 1.02. The van der Waals surface area contributed by atoms with Crippen LogP contribution in [0, 0.1) is 5.92 Å². The number of anilines is 2. The normalized spacial score (nSPS) is 12.2. The number of rotatable bonds is 7. The van der Waals surface area contributed by atoms with E-state index in [1.807, 2.05) is 6.92 Å². The fraction of sp³-hybridized carbons (Fsp3) is 0.389. The molecule has 0 fully saturated rings. The molecule has 3 rings (SSSR count). The minimum atomic E-state index is -0.186. The molecule has 0 radical (unpaired) electrons. The number of amides is 2. The Labute approximate surface area is 166 Å². The standard InChI is InChI=1S/C18H23N7O2S/c1-5-19-17(27)12-6-11-15(24-12)21-8-22-16(11)25-14(9(2)3)13-7-20-18(28-13)23-10(4)26/h6-9,14H,5H2,1-4H3,(H,19,27)(H,20,23,26)(H2,21,22,24,25)/t14-/m1/s1. The molecule has 0 bridgehead atoms. The number of nitrogens with zero attached hydrogens (tertiary/aromatic N) is 3. The lowest BCUT2D eigenvalue weighted by molar-refractivity contribution is -0.114. The Bertz CT molecular complexity index is 995. The van der Waals surface area contributed by atoms with Crippen LogP contribution in [0.4, 0.5) is 10.9 Å². The smallest absolute Gasteiger partial charge is 0.267 e. The van der Waals surface area contributed by atoms with Gasteiger partial charge in [-0.1, -0.05) is 25.2 Å². The summed E-state index contributed by atoms with van der Waals surface area (Å²) in [5.74, 6) is 0.523. The fourth-order valence-electron chi connectivity index (χ4n) is 2.79. The van der Waals surface area contributed by atoms with Gasteiger partial charge < -0.3 is 20.9 Å². The number of carbonyl (C=O) groups excluding carboxylic acids is 2. The lowest BCUT2D eigenvalue weighted by atomic mass is 10.0. The predicted molar refractivity (Wildman–Crippen MR) is 110 cm³/mol. The predicted octanol–water partition coefficient (Wildman–Crippen LogP) is 2.93. The van der Waals surface area contributed by atoms with E-state index in [-0.39, 0.29) is 23.8 Å². The number of aromatic nitrogens is 4. The largest absolute Gasteiger partial charge is 0.361 e. The van der Waals surface area contributed by atoms with Gasteiger partial charge in [0.25, 0.3) is 5.91 Å². The molecule has 0 aromatic carbocycles. The molecule has 10 heteroatoms. The third-order valence-corrected chi connectivity index (χ3v) is 5.08. The van der Waals surface area contributed by atoms with Crippen molar-refractivity contribution in [3.63, 3.8) is 0 Å². The van der Waals surface area contributed by atoms with Crippen LogP contribution in [0.25, 0.3) is 11.0 Å². The summed E-state index contributed by atoms with van der Waals surface area (Å²) in [6, 6.07) is 1.68. The zero-order valence-corrected chi connectivity index (χ0v) is 17.0. The first-order chi connectivity index (χ1) is 13.4. The molecule has 2 amide bonds. The van der Waals surface area contributed by atoms with E-state index < -0.39 is 0 Å². The lowest BCUT2D eigenvalue weighted by Gasteiger charge is -2.21. The van der Waals surface area contributed by atoms with Crippen LogP contribution in [-0.4, -0.2) is 38.3 Å². The molecule has 0 aliphatic rings. The summed E-state index contributed by atoms with van der Waals surface area (Å²) < 4.78 is 0. The van der Waals surface area contributed by atoms with Gasteiger partial charge in [0.15, 0.2) is 5.13 Å². The number of H-pyrrole nitrogens is 1. The van der Waals surface area contributed by atoms with Crippen molar-refractivity contribution < 1.29 is 9.59 Å². The minimum absolute atomic E-state index is 0.0686. The van der Waals surface area contributed by atoms with Crippen LogP contribution in [0.1, 0.15) is 49.1 Å². The van der Waals surface area contributed by atoms with Crippen LogP contribution in [0.15, 0.2) is 18.6 Å². The van der Waals surface area contributed by atoms with Crippen LogP contribution in [0.3, 0.4) is 0 Å². The Balaban J connectivity index is 1.91. The fourth-order valence-corrected chi connectivity index (χ4v) is 3.87. The van der Waals surface area contributed by atoms with E-state index in [1.54, 1.807) is 12.3 Å². The second kappa shape index (κ2) is 8.34. The molecule has 3 heterocycles. The number of fused-ring (bicyclic) bond motifs is 1. The van der Waals surface area contributed by atoms with Gasteiger partial charge in [-0.25, -0.2) is 15.0 Å². The molecule has 4 N–H and O–H groups in total. The highest BCUT2D eigenvalue weighted by Gasteiger charge is 2.21. The SMILES string of the molecule is CCNC(=O)c1cc2c(N[C@@H](c3cnc(NC(C)=O)s3)C(C)C)ncnc2[nH]1. The summed E-state index contributed by atoms with van der Waals surface area (Å²) in [4.78, 5) is 40.2. The van der Waals surface area contributed by atoms with Crippen LogP contribution in [-0.2, 0) is 4.79 Å². The van der Waals surface area contributed by atoms with Crippen molar-refractivity contribution >= 4 is 45.1 Å². The summed E-state index contributed by atoms with van der Waals surface area (Å²) in [7, 11) is 0. The van der Waals surface area contributed by atoms with Crippen LogP contribution in [0.5, 0.6) is 0 Å². The molecule has 0 unspecified atom stereocenters. The first kappa shape index (κ1) is 19.7. The van der Waals surface area contributed by atoms with Gasteiger partial charge in [-0.05, 0) is 18.9 Å². The molecular formula is C18H23N7O2S. The Morgan fingerprint density at radius 1 is 1.25 bits per heavy atom. The van der Waals surface area contributed by atoms with Gasteiger partial charge in [0.1, 0.15) is 23.5 Å². The zero-order chi connectivity index (χ0) is 20.3. The minimum Gasteiger partial charge on any atom is -0.361 e. The van der Waals surface area contributed by atoms with Gasteiger partial charge in [-0.2, -0.15) is 0 Å². The van der Waals surface area contributed by atoms with Crippen molar-refractivity contribution in [3.05, 3.63) is 29.2 Å². The average molecular weight is 401 g/mol. The van der Waals surface area contributed by atoms with E-state index in [2.05, 4.69) is 49.7 Å². The van der Waals surface area contributed by atoms with Gasteiger partial charge in [0.2, 0.25) is 5.91 Å². The molecule has 0 aliphatic carbocycles. The van der Waals surface area contributed by atoms with E-state index in [1.165, 1.54) is 24.6 Å². The second-order valence-corrected chi connectivity index (χ2v) is 7.70. The number of carbonyl (C=O) groups is 2. The highest BCUT2D eigenvalue weighted by Crippen LogP contribution is 2.33. The molecule has 9 nitrogen and oxygen atoms in total. The second-order valence-electron chi connectivity index (χ2n) is 6.64. The summed E-state index contributed by atoms with van der Waals surface area (Å²) in [6.45, 7) is 8.04. The maximum absolute atomic E-state index is 12.1. The third kappa shape index (κ3) is 4.28. The van der Waals surface area contributed by atoms with Gasteiger partial charge >= 0.3 is 0 Å². The maximum atomic E-state index is 12.1. The van der Waals surface area contributed by atoms with Crippen molar-refractivity contribution in [3.8, 4) is 0 Å². The van der Waals surface area contributed by atoms with Crippen LogP contribution in [0.2, 0.25) is 0 Å². The molecule has 0 aliphatic heterocycles. The summed E-state index contributed by atoms with van der Waals surface area (Å²) in [6.07, 6.45) is 3.21.